The third-order valence-electron chi connectivity index (χ3n) is 4.44. The number of aliphatic carboxylic acids is 1. The number of methoxy groups -OCH3 is 1. The van der Waals surface area contributed by atoms with Crippen LogP contribution in [-0.2, 0) is 9.53 Å². The average molecular weight is 458 g/mol. The van der Waals surface area contributed by atoms with Crippen molar-refractivity contribution in [1.82, 2.24) is 5.32 Å². The maximum absolute atomic E-state index is 10.6. The van der Waals surface area contributed by atoms with Crippen molar-refractivity contribution in [2.24, 2.45) is 4.99 Å². The van der Waals surface area contributed by atoms with E-state index in [9.17, 15) is 13.2 Å². The molecule has 174 valence electrons. The monoisotopic (exact) mass is 458 g/mol. The van der Waals surface area contributed by atoms with Crippen molar-refractivity contribution < 1.29 is 27.8 Å². The number of nitrogens with zero attached hydrogens (tertiary/aromatic N) is 1. The molecule has 3 aromatic rings. The van der Waals surface area contributed by atoms with Gasteiger partial charge in [0.1, 0.15) is 6.10 Å². The van der Waals surface area contributed by atoms with Gasteiger partial charge in [-0.05, 0) is 28.3 Å². The lowest BCUT2D eigenvalue weighted by atomic mass is 9.97. The summed E-state index contributed by atoms with van der Waals surface area (Å²) in [5, 5.41) is 10.1. The summed E-state index contributed by atoms with van der Waals surface area (Å²) in [6, 6.07) is 29.3. The first kappa shape index (κ1) is 25.6. The SMILES string of the molecule is C1=NCCN1.COC(c1ccccc1)c1cccc(-c2ccccc2)c1.O=C(O)C(F)(F)F. The van der Waals surface area contributed by atoms with E-state index in [2.05, 4.69) is 71.0 Å². The number of nitrogens with one attached hydrogen (secondary N) is 1. The standard InChI is InChI=1S/C20H18O.C3H6N2.C2HF3O2/c1-21-20(17-11-6-3-7-12-17)19-14-8-13-18(15-19)16-9-4-2-5-10-16;1-2-5-3-4-1;3-2(4,5)1(6)7/h2-15,20H,1H3;3H,1-2H2,(H,4,5);(H,6,7). The molecule has 0 radical (unpaired) electrons. The number of ether oxygens (including phenoxy) is 1. The number of halogens is 3. The normalized spacial score (nSPS) is 13.0. The maximum atomic E-state index is 10.6. The molecule has 0 bridgehead atoms. The molecule has 8 heteroatoms. The summed E-state index contributed by atoms with van der Waals surface area (Å²) in [5.41, 5.74) is 4.78. The number of carboxylic acids is 1. The van der Waals surface area contributed by atoms with E-state index in [4.69, 9.17) is 14.6 Å². The molecule has 0 aliphatic carbocycles. The molecule has 5 nitrogen and oxygen atoms in total. The molecule has 4 rings (SSSR count). The smallest absolute Gasteiger partial charge is 0.475 e. The first-order valence-corrected chi connectivity index (χ1v) is 10.1. The van der Waals surface area contributed by atoms with Gasteiger partial charge in [-0.15, -0.1) is 0 Å². The van der Waals surface area contributed by atoms with E-state index in [-0.39, 0.29) is 6.10 Å². The molecule has 2 N–H and O–H groups in total. The molecule has 33 heavy (non-hydrogen) atoms. The van der Waals surface area contributed by atoms with Crippen LogP contribution < -0.4 is 5.32 Å². The Morgan fingerprint density at radius 3 is 1.94 bits per heavy atom. The fraction of sp³-hybridized carbons (Fsp3) is 0.200. The topological polar surface area (TPSA) is 70.9 Å². The molecule has 1 aliphatic heterocycles. The Morgan fingerprint density at radius 1 is 0.939 bits per heavy atom. The van der Waals surface area contributed by atoms with Crippen molar-refractivity contribution in [2.75, 3.05) is 20.2 Å². The van der Waals surface area contributed by atoms with Crippen LogP contribution in [0.5, 0.6) is 0 Å². The molecule has 0 amide bonds. The third kappa shape index (κ3) is 8.78. The van der Waals surface area contributed by atoms with Gasteiger partial charge in [-0.25, -0.2) is 4.79 Å². The van der Waals surface area contributed by atoms with Crippen LogP contribution in [0.2, 0.25) is 0 Å². The Kier molecular flexibility index (Phi) is 10.1. The number of carboxylic acid groups (broad SMARTS) is 1. The van der Waals surface area contributed by atoms with Gasteiger partial charge in [0.2, 0.25) is 0 Å². The first-order chi connectivity index (χ1) is 15.8. The highest BCUT2D eigenvalue weighted by Gasteiger charge is 2.38. The highest BCUT2D eigenvalue weighted by Crippen LogP contribution is 2.29. The van der Waals surface area contributed by atoms with Crippen molar-refractivity contribution in [1.29, 1.82) is 0 Å². The van der Waals surface area contributed by atoms with E-state index in [1.165, 1.54) is 22.3 Å². The molecule has 1 atom stereocenters. The quantitative estimate of drug-likeness (QED) is 0.554. The Bertz CT molecular complexity index is 1000. The molecule has 0 spiro atoms. The van der Waals surface area contributed by atoms with Crippen LogP contribution >= 0.6 is 0 Å². The van der Waals surface area contributed by atoms with Crippen LogP contribution in [0, 0.1) is 0 Å². The number of hydrogen-bond donors (Lipinski definition) is 2. The van der Waals surface area contributed by atoms with Gasteiger partial charge >= 0.3 is 12.1 Å². The van der Waals surface area contributed by atoms with Crippen LogP contribution in [0.4, 0.5) is 13.2 Å². The zero-order valence-corrected chi connectivity index (χ0v) is 18.0. The summed E-state index contributed by atoms with van der Waals surface area (Å²) in [6.45, 7) is 1.99. The second-order valence-corrected chi connectivity index (χ2v) is 6.81. The fourth-order valence-corrected chi connectivity index (χ4v) is 2.93. The summed E-state index contributed by atoms with van der Waals surface area (Å²) in [7, 11) is 1.76. The number of hydrogen-bond acceptors (Lipinski definition) is 4. The van der Waals surface area contributed by atoms with Crippen molar-refractivity contribution in [3.05, 3.63) is 96.1 Å². The minimum atomic E-state index is -5.08. The van der Waals surface area contributed by atoms with Crippen LogP contribution in [-0.4, -0.2) is 43.8 Å². The average Bonchev–Trinajstić information content (AvgIpc) is 3.41. The van der Waals surface area contributed by atoms with Crippen molar-refractivity contribution in [3.63, 3.8) is 0 Å². The van der Waals surface area contributed by atoms with Crippen molar-refractivity contribution in [3.8, 4) is 11.1 Å². The summed E-state index contributed by atoms with van der Waals surface area (Å²) in [4.78, 5) is 12.7. The van der Waals surface area contributed by atoms with Gasteiger partial charge in [0.25, 0.3) is 0 Å². The molecule has 0 saturated heterocycles. The highest BCUT2D eigenvalue weighted by atomic mass is 19.4. The lowest BCUT2D eigenvalue weighted by Crippen LogP contribution is -2.21. The molecular formula is C25H25F3N2O3. The molecule has 0 fully saturated rings. The predicted molar refractivity (Wildman–Crippen MR) is 122 cm³/mol. The number of rotatable bonds is 4. The van der Waals surface area contributed by atoms with Crippen LogP contribution in [0.1, 0.15) is 17.2 Å². The number of aliphatic imine (C=N–C) groups is 1. The minimum absolute atomic E-state index is 0.0325. The van der Waals surface area contributed by atoms with Crippen LogP contribution in [0.25, 0.3) is 11.1 Å². The first-order valence-electron chi connectivity index (χ1n) is 10.1. The lowest BCUT2D eigenvalue weighted by Gasteiger charge is -2.17. The largest absolute Gasteiger partial charge is 0.490 e. The van der Waals surface area contributed by atoms with Gasteiger partial charge in [-0.1, -0.05) is 78.9 Å². The Balaban J connectivity index is 0.000000264. The van der Waals surface area contributed by atoms with Crippen molar-refractivity contribution in [2.45, 2.75) is 12.3 Å². The zero-order chi connectivity index (χ0) is 24.1. The summed E-state index contributed by atoms with van der Waals surface area (Å²) >= 11 is 0. The Morgan fingerprint density at radius 2 is 1.48 bits per heavy atom. The second kappa shape index (κ2) is 13.0. The van der Waals surface area contributed by atoms with E-state index in [0.29, 0.717) is 0 Å². The molecule has 3 aromatic carbocycles. The van der Waals surface area contributed by atoms with Crippen LogP contribution in [0.15, 0.2) is 89.9 Å². The number of benzene rings is 3. The maximum Gasteiger partial charge on any atom is 0.490 e. The lowest BCUT2D eigenvalue weighted by molar-refractivity contribution is -0.192. The Hall–Kier alpha value is -3.65. The minimum Gasteiger partial charge on any atom is -0.475 e. The predicted octanol–water partition coefficient (Wildman–Crippen LogP) is 5.34. The molecule has 1 aliphatic rings. The summed E-state index contributed by atoms with van der Waals surface area (Å²) in [6.07, 6.45) is -3.38. The van der Waals surface area contributed by atoms with Gasteiger partial charge < -0.3 is 15.2 Å². The number of carbonyl (C=O) groups is 1. The van der Waals surface area contributed by atoms with Gasteiger partial charge in [0.15, 0.2) is 0 Å². The number of alkyl halides is 3. The van der Waals surface area contributed by atoms with Gasteiger partial charge in [0.05, 0.1) is 12.9 Å². The van der Waals surface area contributed by atoms with Gasteiger partial charge in [-0.2, -0.15) is 13.2 Å². The Labute approximate surface area is 190 Å². The van der Waals surface area contributed by atoms with E-state index >= 15 is 0 Å². The van der Waals surface area contributed by atoms with E-state index < -0.39 is 12.1 Å². The highest BCUT2D eigenvalue weighted by molar-refractivity contribution is 5.73. The van der Waals surface area contributed by atoms with E-state index in [1.807, 2.05) is 24.3 Å². The van der Waals surface area contributed by atoms with E-state index in [0.717, 1.165) is 13.1 Å². The second-order valence-electron chi connectivity index (χ2n) is 6.81. The molecule has 0 saturated carbocycles. The zero-order valence-electron chi connectivity index (χ0n) is 18.0. The van der Waals surface area contributed by atoms with Gasteiger partial charge in [0, 0.05) is 13.7 Å². The third-order valence-corrected chi connectivity index (χ3v) is 4.44. The van der Waals surface area contributed by atoms with Crippen molar-refractivity contribution >= 4 is 12.3 Å². The fourth-order valence-electron chi connectivity index (χ4n) is 2.93. The van der Waals surface area contributed by atoms with Crippen LogP contribution in [0.3, 0.4) is 0 Å². The van der Waals surface area contributed by atoms with E-state index in [1.54, 1.807) is 13.4 Å². The molecule has 1 unspecified atom stereocenters. The molecule has 1 heterocycles. The summed E-state index contributed by atoms with van der Waals surface area (Å²) in [5.74, 6) is -2.76. The molecular weight excluding hydrogens is 433 g/mol. The molecule has 0 aromatic heterocycles. The van der Waals surface area contributed by atoms with Gasteiger partial charge in [-0.3, -0.25) is 4.99 Å². The summed E-state index contributed by atoms with van der Waals surface area (Å²) < 4.78 is 37.4.